The molecule has 148 valence electrons. The first-order chi connectivity index (χ1) is 13.5. The molecule has 0 aliphatic carbocycles. The Kier molecular flexibility index (Phi) is 7.06. The monoisotopic (exact) mass is 416 g/mol. The van der Waals surface area contributed by atoms with Crippen LogP contribution in [0.25, 0.3) is 10.1 Å². The molecule has 3 aromatic rings. The Labute approximate surface area is 169 Å². The van der Waals surface area contributed by atoms with Crippen LogP contribution in [0.3, 0.4) is 0 Å². The molecule has 1 aromatic heterocycles. The lowest BCUT2D eigenvalue weighted by Crippen LogP contribution is -2.37. The Morgan fingerprint density at radius 3 is 2.46 bits per heavy atom. The standard InChI is InChI=1S/C21H24N2O3S2/c24-21(23-13-11-18-15-27-20-10-5-4-9-19(18)20)22-12-6-14-28(25,26)16-17-7-2-1-3-8-17/h1-5,7-10,15H,6,11-14,16H2,(H2,22,23,24). The van der Waals surface area contributed by atoms with Gasteiger partial charge in [0, 0.05) is 17.8 Å². The highest BCUT2D eigenvalue weighted by molar-refractivity contribution is 7.90. The number of amides is 2. The van der Waals surface area contributed by atoms with Crippen LogP contribution in [0, 0.1) is 0 Å². The largest absolute Gasteiger partial charge is 0.338 e. The fourth-order valence-electron chi connectivity index (χ4n) is 2.99. The maximum Gasteiger partial charge on any atom is 0.314 e. The quantitative estimate of drug-likeness (QED) is 0.522. The number of fused-ring (bicyclic) bond motifs is 1. The Balaban J connectivity index is 1.33. The SMILES string of the molecule is O=C(NCCCS(=O)(=O)Cc1ccccc1)NCCc1csc2ccccc12. The molecule has 0 saturated carbocycles. The van der Waals surface area contributed by atoms with E-state index in [1.54, 1.807) is 23.5 Å². The van der Waals surface area contributed by atoms with Gasteiger partial charge in [-0.05, 0) is 40.8 Å². The van der Waals surface area contributed by atoms with Gasteiger partial charge < -0.3 is 10.6 Å². The molecule has 0 saturated heterocycles. The molecule has 0 aliphatic rings. The van der Waals surface area contributed by atoms with Gasteiger partial charge in [0.05, 0.1) is 11.5 Å². The molecular formula is C21H24N2O3S2. The van der Waals surface area contributed by atoms with Crippen LogP contribution in [-0.4, -0.2) is 33.3 Å². The molecule has 0 aliphatic heterocycles. The minimum Gasteiger partial charge on any atom is -0.338 e. The van der Waals surface area contributed by atoms with Crippen molar-refractivity contribution in [2.24, 2.45) is 0 Å². The van der Waals surface area contributed by atoms with Crippen molar-refractivity contribution < 1.29 is 13.2 Å². The molecule has 28 heavy (non-hydrogen) atoms. The summed E-state index contributed by atoms with van der Waals surface area (Å²) in [5, 5.41) is 8.91. The van der Waals surface area contributed by atoms with Crippen LogP contribution in [-0.2, 0) is 22.0 Å². The zero-order chi connectivity index (χ0) is 19.8. The summed E-state index contributed by atoms with van der Waals surface area (Å²) in [6.07, 6.45) is 1.17. The molecule has 2 N–H and O–H groups in total. The summed E-state index contributed by atoms with van der Waals surface area (Å²) >= 11 is 1.71. The van der Waals surface area contributed by atoms with Crippen LogP contribution < -0.4 is 10.6 Å². The summed E-state index contributed by atoms with van der Waals surface area (Å²) in [6.45, 7) is 0.875. The number of carbonyl (C=O) groups excluding carboxylic acids is 1. The van der Waals surface area contributed by atoms with Gasteiger partial charge in [-0.3, -0.25) is 0 Å². The van der Waals surface area contributed by atoms with E-state index in [0.717, 1.165) is 12.0 Å². The average Bonchev–Trinajstić information content (AvgIpc) is 3.09. The van der Waals surface area contributed by atoms with Crippen molar-refractivity contribution in [3.05, 3.63) is 71.1 Å². The van der Waals surface area contributed by atoms with Crippen LogP contribution in [0.4, 0.5) is 4.79 Å². The lowest BCUT2D eigenvalue weighted by atomic mass is 10.1. The van der Waals surface area contributed by atoms with E-state index in [1.165, 1.54) is 15.6 Å². The van der Waals surface area contributed by atoms with Gasteiger partial charge in [-0.2, -0.15) is 0 Å². The molecule has 1 heterocycles. The summed E-state index contributed by atoms with van der Waals surface area (Å²) < 4.78 is 25.5. The number of rotatable bonds is 9. The molecule has 0 fully saturated rings. The highest BCUT2D eigenvalue weighted by Gasteiger charge is 2.12. The van der Waals surface area contributed by atoms with Gasteiger partial charge in [0.1, 0.15) is 0 Å². The van der Waals surface area contributed by atoms with Crippen molar-refractivity contribution in [1.29, 1.82) is 0 Å². The van der Waals surface area contributed by atoms with E-state index >= 15 is 0 Å². The molecule has 7 heteroatoms. The van der Waals surface area contributed by atoms with Crippen molar-refractivity contribution >= 4 is 37.3 Å². The molecule has 3 rings (SSSR count). The molecule has 0 radical (unpaired) electrons. The maximum absolute atomic E-state index is 12.1. The van der Waals surface area contributed by atoms with Crippen molar-refractivity contribution in [1.82, 2.24) is 10.6 Å². The minimum atomic E-state index is -3.17. The minimum absolute atomic E-state index is 0.0363. The van der Waals surface area contributed by atoms with Gasteiger partial charge in [0.25, 0.3) is 0 Å². The lowest BCUT2D eigenvalue weighted by molar-refractivity contribution is 0.241. The highest BCUT2D eigenvalue weighted by Crippen LogP contribution is 2.25. The summed E-state index contributed by atoms with van der Waals surface area (Å²) in [7, 11) is -3.17. The fourth-order valence-corrected chi connectivity index (χ4v) is 5.42. The number of benzene rings is 2. The van der Waals surface area contributed by atoms with Gasteiger partial charge in [-0.15, -0.1) is 11.3 Å². The second-order valence-corrected chi connectivity index (χ2v) is 9.72. The van der Waals surface area contributed by atoms with E-state index in [4.69, 9.17) is 0 Å². The smallest absolute Gasteiger partial charge is 0.314 e. The second kappa shape index (κ2) is 9.71. The first kappa shape index (κ1) is 20.4. The molecule has 2 amide bonds. The van der Waals surface area contributed by atoms with Crippen molar-refractivity contribution in [2.45, 2.75) is 18.6 Å². The number of carbonyl (C=O) groups is 1. The predicted molar refractivity (Wildman–Crippen MR) is 115 cm³/mol. The number of thiophene rings is 1. The lowest BCUT2D eigenvalue weighted by Gasteiger charge is -2.08. The van der Waals surface area contributed by atoms with Gasteiger partial charge >= 0.3 is 6.03 Å². The Hall–Kier alpha value is -2.38. The van der Waals surface area contributed by atoms with Gasteiger partial charge in [0.15, 0.2) is 9.84 Å². The zero-order valence-electron chi connectivity index (χ0n) is 15.6. The predicted octanol–water partition coefficient (Wildman–Crippen LogP) is 3.75. The van der Waals surface area contributed by atoms with Gasteiger partial charge in [0.2, 0.25) is 0 Å². The Morgan fingerprint density at radius 1 is 0.929 bits per heavy atom. The average molecular weight is 417 g/mol. The van der Waals surface area contributed by atoms with Crippen LogP contribution in [0.5, 0.6) is 0 Å². The van der Waals surface area contributed by atoms with Crippen molar-refractivity contribution in [3.8, 4) is 0 Å². The van der Waals surface area contributed by atoms with Crippen LogP contribution >= 0.6 is 11.3 Å². The van der Waals surface area contributed by atoms with E-state index in [-0.39, 0.29) is 17.5 Å². The molecule has 0 atom stereocenters. The van der Waals surface area contributed by atoms with Crippen molar-refractivity contribution in [3.63, 3.8) is 0 Å². The molecule has 0 unspecified atom stereocenters. The van der Waals surface area contributed by atoms with E-state index in [0.29, 0.717) is 19.5 Å². The summed E-state index contributed by atoms with van der Waals surface area (Å²) in [5.74, 6) is 0.0949. The second-order valence-electron chi connectivity index (χ2n) is 6.62. The molecule has 0 spiro atoms. The van der Waals surface area contributed by atoms with Gasteiger partial charge in [-0.1, -0.05) is 48.5 Å². The van der Waals surface area contributed by atoms with Crippen LogP contribution in [0.2, 0.25) is 0 Å². The summed E-state index contributed by atoms with van der Waals surface area (Å²) in [6, 6.07) is 17.1. The highest BCUT2D eigenvalue weighted by atomic mass is 32.2. The van der Waals surface area contributed by atoms with E-state index in [9.17, 15) is 13.2 Å². The fraction of sp³-hybridized carbons (Fsp3) is 0.286. The first-order valence-electron chi connectivity index (χ1n) is 9.25. The summed E-state index contributed by atoms with van der Waals surface area (Å²) in [4.78, 5) is 11.9. The van der Waals surface area contributed by atoms with Crippen molar-refractivity contribution in [2.75, 3.05) is 18.8 Å². The number of hydrogen-bond acceptors (Lipinski definition) is 4. The molecule has 2 aromatic carbocycles. The third kappa shape index (κ3) is 6.07. The third-order valence-electron chi connectivity index (χ3n) is 4.39. The van der Waals surface area contributed by atoms with E-state index in [1.807, 2.05) is 30.3 Å². The molecule has 0 bridgehead atoms. The number of hydrogen-bond donors (Lipinski definition) is 2. The zero-order valence-corrected chi connectivity index (χ0v) is 17.2. The van der Waals surface area contributed by atoms with Crippen LogP contribution in [0.1, 0.15) is 17.5 Å². The number of nitrogens with one attached hydrogen (secondary N) is 2. The first-order valence-corrected chi connectivity index (χ1v) is 11.9. The number of sulfone groups is 1. The Morgan fingerprint density at radius 2 is 1.64 bits per heavy atom. The molecule has 5 nitrogen and oxygen atoms in total. The van der Waals surface area contributed by atoms with E-state index in [2.05, 4.69) is 28.1 Å². The van der Waals surface area contributed by atoms with Gasteiger partial charge in [-0.25, -0.2) is 13.2 Å². The maximum atomic E-state index is 12.1. The summed E-state index contributed by atoms with van der Waals surface area (Å²) in [5.41, 5.74) is 2.02. The Bertz CT molecular complexity index is 1010. The molecular weight excluding hydrogens is 392 g/mol. The topological polar surface area (TPSA) is 75.3 Å². The number of urea groups is 1. The van der Waals surface area contributed by atoms with Crippen LogP contribution in [0.15, 0.2) is 60.0 Å². The van der Waals surface area contributed by atoms with E-state index < -0.39 is 9.84 Å². The normalized spacial score (nSPS) is 11.4. The third-order valence-corrected chi connectivity index (χ3v) is 7.08.